The zero-order valence-corrected chi connectivity index (χ0v) is 12.4. The average molecular weight is 290 g/mol. The Balaban J connectivity index is 1.99. The molecular weight excluding hydrogens is 271 g/mol. The minimum absolute atomic E-state index is 0.00153. The van der Waals surface area contributed by atoms with Crippen molar-refractivity contribution in [3.8, 4) is 5.75 Å². The van der Waals surface area contributed by atoms with Gasteiger partial charge < -0.3 is 10.1 Å². The predicted octanol–water partition coefficient (Wildman–Crippen LogP) is 2.95. The monoisotopic (exact) mass is 290 g/mol. The molecule has 6 heteroatoms. The molecule has 1 aliphatic heterocycles. The van der Waals surface area contributed by atoms with Gasteiger partial charge in [0.15, 0.2) is 17.4 Å². The van der Waals surface area contributed by atoms with Gasteiger partial charge in [0.2, 0.25) is 5.95 Å². The van der Waals surface area contributed by atoms with Crippen LogP contribution in [0.15, 0.2) is 18.2 Å². The van der Waals surface area contributed by atoms with Gasteiger partial charge in [0.05, 0.1) is 13.2 Å². The quantitative estimate of drug-likeness (QED) is 0.944. The highest BCUT2D eigenvalue weighted by atomic mass is 19.1. The van der Waals surface area contributed by atoms with Crippen LogP contribution in [0.3, 0.4) is 0 Å². The molecule has 0 saturated heterocycles. The van der Waals surface area contributed by atoms with Crippen molar-refractivity contribution >= 4 is 5.95 Å². The summed E-state index contributed by atoms with van der Waals surface area (Å²) in [7, 11) is 1.47. The van der Waals surface area contributed by atoms with Crippen LogP contribution >= 0.6 is 0 Å². The zero-order valence-electron chi connectivity index (χ0n) is 12.4. The molecule has 1 atom stereocenters. The molecule has 0 spiro atoms. The molecule has 0 amide bonds. The molecule has 1 unspecified atom stereocenters. The second kappa shape index (κ2) is 5.35. The number of hydrogen-bond donors (Lipinski definition) is 1. The lowest BCUT2D eigenvalue weighted by Crippen LogP contribution is -2.24. The van der Waals surface area contributed by atoms with Crippen LogP contribution in [0.25, 0.3) is 0 Å². The molecule has 0 aliphatic carbocycles. The molecule has 2 aromatic rings. The highest BCUT2D eigenvalue weighted by Crippen LogP contribution is 2.31. The number of aromatic nitrogens is 3. The van der Waals surface area contributed by atoms with E-state index in [1.165, 1.54) is 13.2 Å². The minimum atomic E-state index is -0.348. The summed E-state index contributed by atoms with van der Waals surface area (Å²) in [6, 6.07) is 5.07. The first-order valence-electron chi connectivity index (χ1n) is 7.14. The van der Waals surface area contributed by atoms with Crippen molar-refractivity contribution < 1.29 is 9.13 Å². The lowest BCUT2D eigenvalue weighted by atomic mass is 10.0. The molecule has 1 aromatic carbocycles. The molecule has 1 aromatic heterocycles. The third-order valence-electron chi connectivity index (χ3n) is 3.72. The second-order valence-electron chi connectivity index (χ2n) is 5.52. The van der Waals surface area contributed by atoms with Gasteiger partial charge in [0.25, 0.3) is 0 Å². The lowest BCUT2D eigenvalue weighted by molar-refractivity contribution is 0.384. The Morgan fingerprint density at radius 2 is 2.24 bits per heavy atom. The summed E-state index contributed by atoms with van der Waals surface area (Å²) in [6.45, 7) is 4.92. The van der Waals surface area contributed by atoms with Crippen LogP contribution in [0.2, 0.25) is 0 Å². The van der Waals surface area contributed by atoms with Crippen molar-refractivity contribution in [1.29, 1.82) is 0 Å². The Kier molecular flexibility index (Phi) is 3.53. The number of hydrogen-bond acceptors (Lipinski definition) is 4. The number of halogens is 1. The molecule has 0 radical (unpaired) electrons. The standard InChI is InChI=1S/C15H19FN4O/c1-9(2)14-18-15-17-7-6-12(20(15)19-14)10-4-5-13(21-3)11(16)8-10/h4-5,8-9,12H,6-7H2,1-3H3,(H,17,18,19). The van der Waals surface area contributed by atoms with Crippen molar-refractivity contribution in [2.75, 3.05) is 19.0 Å². The zero-order chi connectivity index (χ0) is 15.0. The van der Waals surface area contributed by atoms with E-state index in [9.17, 15) is 4.39 Å². The summed E-state index contributed by atoms with van der Waals surface area (Å²) in [6.07, 6.45) is 0.847. The maximum absolute atomic E-state index is 13.9. The molecule has 1 N–H and O–H groups in total. The third kappa shape index (κ3) is 2.46. The highest BCUT2D eigenvalue weighted by molar-refractivity contribution is 5.36. The Morgan fingerprint density at radius 1 is 1.43 bits per heavy atom. The molecule has 2 heterocycles. The van der Waals surface area contributed by atoms with Crippen LogP contribution in [-0.4, -0.2) is 28.4 Å². The smallest absolute Gasteiger partial charge is 0.221 e. The molecular formula is C15H19FN4O. The number of nitrogens with zero attached hydrogens (tertiary/aromatic N) is 3. The molecule has 1 aliphatic rings. The van der Waals surface area contributed by atoms with Gasteiger partial charge in [-0.25, -0.2) is 9.07 Å². The molecule has 3 rings (SSSR count). The van der Waals surface area contributed by atoms with Crippen LogP contribution in [0.5, 0.6) is 5.75 Å². The van der Waals surface area contributed by atoms with E-state index >= 15 is 0 Å². The van der Waals surface area contributed by atoms with E-state index in [-0.39, 0.29) is 23.5 Å². The first-order chi connectivity index (χ1) is 10.1. The average Bonchev–Trinajstić information content (AvgIpc) is 2.91. The number of ether oxygens (including phenoxy) is 1. The van der Waals surface area contributed by atoms with E-state index in [0.717, 1.165) is 30.3 Å². The second-order valence-corrected chi connectivity index (χ2v) is 5.52. The summed E-state index contributed by atoms with van der Waals surface area (Å²) in [5, 5.41) is 7.82. The number of methoxy groups -OCH3 is 1. The van der Waals surface area contributed by atoms with Gasteiger partial charge >= 0.3 is 0 Å². The Morgan fingerprint density at radius 3 is 2.90 bits per heavy atom. The third-order valence-corrected chi connectivity index (χ3v) is 3.72. The molecule has 0 saturated carbocycles. The normalized spacial score (nSPS) is 17.5. The van der Waals surface area contributed by atoms with Gasteiger partial charge in [0, 0.05) is 12.5 Å². The Hall–Kier alpha value is -2.11. The fraction of sp³-hybridized carbons (Fsp3) is 0.467. The Labute approximate surface area is 123 Å². The topological polar surface area (TPSA) is 52.0 Å². The number of benzene rings is 1. The molecule has 0 fully saturated rings. The first-order valence-corrected chi connectivity index (χ1v) is 7.14. The summed E-state index contributed by atoms with van der Waals surface area (Å²) >= 11 is 0. The van der Waals surface area contributed by atoms with E-state index in [4.69, 9.17) is 4.74 Å². The van der Waals surface area contributed by atoms with Gasteiger partial charge in [0.1, 0.15) is 0 Å². The van der Waals surface area contributed by atoms with Crippen LogP contribution in [0, 0.1) is 5.82 Å². The van der Waals surface area contributed by atoms with E-state index in [1.807, 2.05) is 10.7 Å². The number of fused-ring (bicyclic) bond motifs is 1. The van der Waals surface area contributed by atoms with Crippen molar-refractivity contribution in [2.24, 2.45) is 0 Å². The lowest BCUT2D eigenvalue weighted by Gasteiger charge is -2.24. The Bertz CT molecular complexity index is 653. The number of rotatable bonds is 3. The van der Waals surface area contributed by atoms with Gasteiger partial charge in [-0.1, -0.05) is 19.9 Å². The van der Waals surface area contributed by atoms with E-state index in [0.29, 0.717) is 0 Å². The molecule has 112 valence electrons. The molecule has 0 bridgehead atoms. The van der Waals surface area contributed by atoms with Crippen LogP contribution in [0.4, 0.5) is 10.3 Å². The van der Waals surface area contributed by atoms with Crippen molar-refractivity contribution in [3.05, 3.63) is 35.4 Å². The van der Waals surface area contributed by atoms with Crippen LogP contribution in [-0.2, 0) is 0 Å². The van der Waals surface area contributed by atoms with Gasteiger partial charge in [-0.3, -0.25) is 0 Å². The van der Waals surface area contributed by atoms with E-state index in [2.05, 4.69) is 29.2 Å². The fourth-order valence-electron chi connectivity index (χ4n) is 2.56. The largest absolute Gasteiger partial charge is 0.494 e. The summed E-state index contributed by atoms with van der Waals surface area (Å²) in [5.74, 6) is 1.73. The summed E-state index contributed by atoms with van der Waals surface area (Å²) in [5.41, 5.74) is 0.885. The predicted molar refractivity (Wildman–Crippen MR) is 78.3 cm³/mol. The molecule has 21 heavy (non-hydrogen) atoms. The maximum Gasteiger partial charge on any atom is 0.221 e. The molecule has 5 nitrogen and oxygen atoms in total. The summed E-state index contributed by atoms with van der Waals surface area (Å²) in [4.78, 5) is 4.50. The summed E-state index contributed by atoms with van der Waals surface area (Å²) < 4.78 is 20.8. The fourth-order valence-corrected chi connectivity index (χ4v) is 2.56. The number of nitrogens with one attached hydrogen (secondary N) is 1. The van der Waals surface area contributed by atoms with Crippen molar-refractivity contribution in [3.63, 3.8) is 0 Å². The SMILES string of the molecule is COc1ccc(C2CCNc3nc(C(C)C)nn32)cc1F. The van der Waals surface area contributed by atoms with E-state index < -0.39 is 0 Å². The van der Waals surface area contributed by atoms with Gasteiger partial charge in [-0.15, -0.1) is 0 Å². The van der Waals surface area contributed by atoms with Gasteiger partial charge in [-0.2, -0.15) is 10.1 Å². The maximum atomic E-state index is 13.9. The first kappa shape index (κ1) is 13.9. The minimum Gasteiger partial charge on any atom is -0.494 e. The van der Waals surface area contributed by atoms with Crippen molar-refractivity contribution in [2.45, 2.75) is 32.2 Å². The number of anilines is 1. The van der Waals surface area contributed by atoms with Gasteiger partial charge in [-0.05, 0) is 24.1 Å². The van der Waals surface area contributed by atoms with Crippen LogP contribution in [0.1, 0.15) is 43.6 Å². The van der Waals surface area contributed by atoms with Crippen LogP contribution < -0.4 is 10.1 Å². The highest BCUT2D eigenvalue weighted by Gasteiger charge is 2.25. The van der Waals surface area contributed by atoms with Crippen molar-refractivity contribution in [1.82, 2.24) is 14.8 Å². The van der Waals surface area contributed by atoms with E-state index in [1.54, 1.807) is 6.07 Å².